The number of hydrogen-bond acceptors (Lipinski definition) is 5. The normalized spacial score (nSPS) is 12.0. The van der Waals surface area contributed by atoms with Gasteiger partial charge in [-0.2, -0.15) is 0 Å². The number of rotatable bonds is 8. The molecule has 0 aromatic carbocycles. The second-order valence-corrected chi connectivity index (χ2v) is 5.16. The molecule has 0 aliphatic rings. The van der Waals surface area contributed by atoms with Crippen LogP contribution in [0.15, 0.2) is 0 Å². The van der Waals surface area contributed by atoms with Gasteiger partial charge in [0.2, 0.25) is 0 Å². The molecule has 0 unspecified atom stereocenters. The highest BCUT2D eigenvalue weighted by Crippen LogP contribution is 2.08. The largest absolute Gasteiger partial charge is 0.497 e. The molecule has 0 spiro atoms. The summed E-state index contributed by atoms with van der Waals surface area (Å²) in [6.07, 6.45) is 0. The van der Waals surface area contributed by atoms with Gasteiger partial charge in [0.05, 0.1) is 13.2 Å². The van der Waals surface area contributed by atoms with E-state index in [-0.39, 0.29) is 0 Å². The Balaban J connectivity index is 3.84. The molecule has 0 aromatic heterocycles. The van der Waals surface area contributed by atoms with E-state index in [2.05, 4.69) is 0 Å². The van der Waals surface area contributed by atoms with E-state index < -0.39 is 8.80 Å². The van der Waals surface area contributed by atoms with E-state index in [9.17, 15) is 0 Å². The van der Waals surface area contributed by atoms with E-state index in [0.29, 0.717) is 32.9 Å². The summed E-state index contributed by atoms with van der Waals surface area (Å²) < 4.78 is 16.3. The first-order valence-corrected chi connectivity index (χ1v) is 6.73. The van der Waals surface area contributed by atoms with Crippen LogP contribution in [0.25, 0.3) is 0 Å². The van der Waals surface area contributed by atoms with E-state index in [1.165, 1.54) is 0 Å². The Hall–Kier alpha value is 0.0169. The quantitative estimate of drug-likeness (QED) is 0.528. The molecule has 0 aromatic rings. The summed E-state index contributed by atoms with van der Waals surface area (Å²) in [4.78, 5) is 0. The Labute approximate surface area is 80.7 Å². The molecule has 0 saturated carbocycles. The standard InChI is InChI=1S/C7H20N2O3Si/c1-3-10-13(2,11-6-4-8)12-7-5-9/h3-9H2,1-2H3. The molecule has 0 fully saturated rings. The fourth-order valence-corrected chi connectivity index (χ4v) is 2.63. The molecule has 0 amide bonds. The minimum Gasteiger partial charge on any atom is -0.374 e. The van der Waals surface area contributed by atoms with Crippen molar-refractivity contribution in [3.8, 4) is 0 Å². The molecule has 4 N–H and O–H groups in total. The summed E-state index contributed by atoms with van der Waals surface area (Å²) in [5, 5.41) is 0. The van der Waals surface area contributed by atoms with Gasteiger partial charge < -0.3 is 24.7 Å². The lowest BCUT2D eigenvalue weighted by Gasteiger charge is -2.25. The lowest BCUT2D eigenvalue weighted by molar-refractivity contribution is 0.0744. The highest BCUT2D eigenvalue weighted by atomic mass is 28.4. The zero-order valence-corrected chi connectivity index (χ0v) is 9.41. The van der Waals surface area contributed by atoms with Crippen molar-refractivity contribution in [1.29, 1.82) is 0 Å². The predicted octanol–water partition coefficient (Wildman–Crippen LogP) is -0.458. The molecule has 0 bridgehead atoms. The third-order valence-corrected chi connectivity index (χ3v) is 3.64. The van der Waals surface area contributed by atoms with Crippen molar-refractivity contribution in [2.24, 2.45) is 11.5 Å². The molecule has 0 radical (unpaired) electrons. The number of nitrogens with two attached hydrogens (primary N) is 2. The molecule has 0 rings (SSSR count). The van der Waals surface area contributed by atoms with Gasteiger partial charge in [-0.15, -0.1) is 0 Å². The second-order valence-electron chi connectivity index (χ2n) is 2.57. The van der Waals surface area contributed by atoms with Gasteiger partial charge in [-0.1, -0.05) is 0 Å². The average Bonchev–Trinajstić information content (AvgIpc) is 2.12. The van der Waals surface area contributed by atoms with Gasteiger partial charge in [-0.05, 0) is 6.92 Å². The lowest BCUT2D eigenvalue weighted by atomic mass is 10.8. The second kappa shape index (κ2) is 7.42. The van der Waals surface area contributed by atoms with Crippen LogP contribution in [0.4, 0.5) is 0 Å². The van der Waals surface area contributed by atoms with Gasteiger partial charge in [-0.3, -0.25) is 0 Å². The Bertz CT molecular complexity index is 118. The molecule has 0 aliphatic carbocycles. The van der Waals surface area contributed by atoms with Crippen molar-refractivity contribution in [3.63, 3.8) is 0 Å². The average molecular weight is 208 g/mol. The maximum absolute atomic E-state index is 5.44. The summed E-state index contributed by atoms with van der Waals surface area (Å²) in [5.74, 6) is 0. The van der Waals surface area contributed by atoms with Gasteiger partial charge >= 0.3 is 8.80 Å². The number of hydrogen-bond donors (Lipinski definition) is 2. The van der Waals surface area contributed by atoms with Crippen molar-refractivity contribution >= 4 is 8.80 Å². The van der Waals surface area contributed by atoms with Crippen LogP contribution in [-0.2, 0) is 13.3 Å². The van der Waals surface area contributed by atoms with Crippen LogP contribution in [0.1, 0.15) is 6.92 Å². The molecule has 0 heterocycles. The summed E-state index contributed by atoms with van der Waals surface area (Å²) in [7, 11) is -2.45. The first-order valence-electron chi connectivity index (χ1n) is 4.50. The first-order chi connectivity index (χ1) is 6.18. The Morgan fingerprint density at radius 1 is 1.00 bits per heavy atom. The highest BCUT2D eigenvalue weighted by Gasteiger charge is 2.33. The lowest BCUT2D eigenvalue weighted by Crippen LogP contribution is -2.44. The first kappa shape index (κ1) is 13.0. The third-order valence-electron chi connectivity index (χ3n) is 1.37. The Morgan fingerprint density at radius 2 is 1.46 bits per heavy atom. The van der Waals surface area contributed by atoms with Crippen molar-refractivity contribution in [1.82, 2.24) is 0 Å². The summed E-state index contributed by atoms with van der Waals surface area (Å²) >= 11 is 0. The Morgan fingerprint density at radius 3 is 1.77 bits per heavy atom. The van der Waals surface area contributed by atoms with Crippen LogP contribution < -0.4 is 11.5 Å². The van der Waals surface area contributed by atoms with E-state index in [1.54, 1.807) is 0 Å². The topological polar surface area (TPSA) is 79.7 Å². The van der Waals surface area contributed by atoms with Gasteiger partial charge in [0.25, 0.3) is 0 Å². The van der Waals surface area contributed by atoms with Gasteiger partial charge in [0.15, 0.2) is 0 Å². The van der Waals surface area contributed by atoms with Crippen molar-refractivity contribution in [3.05, 3.63) is 0 Å². The molecule has 0 saturated heterocycles. The monoisotopic (exact) mass is 208 g/mol. The van der Waals surface area contributed by atoms with Crippen LogP contribution >= 0.6 is 0 Å². The van der Waals surface area contributed by atoms with Crippen LogP contribution in [0, 0.1) is 0 Å². The fourth-order valence-electron chi connectivity index (χ4n) is 0.876. The molecular weight excluding hydrogens is 188 g/mol. The van der Waals surface area contributed by atoms with E-state index in [4.69, 9.17) is 24.7 Å². The molecule has 0 atom stereocenters. The SMILES string of the molecule is CCO[Si](C)(OCCN)OCCN. The third kappa shape index (κ3) is 6.14. The molecular formula is C7H20N2O3Si. The molecule has 13 heavy (non-hydrogen) atoms. The molecule has 6 heteroatoms. The Kier molecular flexibility index (Phi) is 7.43. The molecule has 5 nitrogen and oxygen atoms in total. The van der Waals surface area contributed by atoms with Gasteiger partial charge in [-0.25, -0.2) is 0 Å². The van der Waals surface area contributed by atoms with Gasteiger partial charge in [0, 0.05) is 26.2 Å². The minimum absolute atomic E-state index is 0.466. The highest BCUT2D eigenvalue weighted by molar-refractivity contribution is 6.59. The summed E-state index contributed by atoms with van der Waals surface area (Å²) in [6, 6.07) is 0. The van der Waals surface area contributed by atoms with E-state index in [1.807, 2.05) is 13.5 Å². The van der Waals surface area contributed by atoms with Crippen LogP contribution in [-0.4, -0.2) is 41.7 Å². The maximum atomic E-state index is 5.44. The van der Waals surface area contributed by atoms with Crippen molar-refractivity contribution < 1.29 is 13.3 Å². The molecule has 0 aliphatic heterocycles. The zero-order valence-electron chi connectivity index (χ0n) is 8.41. The van der Waals surface area contributed by atoms with Crippen LogP contribution in [0.3, 0.4) is 0 Å². The van der Waals surface area contributed by atoms with Gasteiger partial charge in [0.1, 0.15) is 0 Å². The van der Waals surface area contributed by atoms with Crippen molar-refractivity contribution in [2.75, 3.05) is 32.9 Å². The summed E-state index contributed by atoms with van der Waals surface area (Å²) in [6.45, 7) is 6.21. The minimum atomic E-state index is -2.45. The predicted molar refractivity (Wildman–Crippen MR) is 53.3 cm³/mol. The smallest absolute Gasteiger partial charge is 0.374 e. The van der Waals surface area contributed by atoms with E-state index in [0.717, 1.165) is 0 Å². The van der Waals surface area contributed by atoms with Crippen LogP contribution in [0.2, 0.25) is 6.55 Å². The van der Waals surface area contributed by atoms with Crippen LogP contribution in [0.5, 0.6) is 0 Å². The fraction of sp³-hybridized carbons (Fsp3) is 1.00. The summed E-state index contributed by atoms with van der Waals surface area (Å²) in [5.41, 5.74) is 10.6. The maximum Gasteiger partial charge on any atom is 0.497 e. The molecule has 80 valence electrons. The van der Waals surface area contributed by atoms with E-state index >= 15 is 0 Å². The van der Waals surface area contributed by atoms with Crippen molar-refractivity contribution in [2.45, 2.75) is 13.5 Å². The zero-order chi connectivity index (χ0) is 10.2.